The summed E-state index contributed by atoms with van der Waals surface area (Å²) in [7, 11) is 0. The van der Waals surface area contributed by atoms with Crippen molar-refractivity contribution in [2.24, 2.45) is 0 Å². The number of carbonyl (C=O) groups is 1. The summed E-state index contributed by atoms with van der Waals surface area (Å²) in [5, 5.41) is 7.02. The maximum atomic E-state index is 14.1. The molecule has 3 aromatic heterocycles. The highest BCUT2D eigenvalue weighted by Gasteiger charge is 2.39. The molecule has 0 bridgehead atoms. The second kappa shape index (κ2) is 9.34. The van der Waals surface area contributed by atoms with Crippen LogP contribution in [0, 0.1) is 6.92 Å². The van der Waals surface area contributed by atoms with Crippen LogP contribution in [0.2, 0.25) is 0 Å². The number of ether oxygens (including phenoxy) is 2. The number of aryl methyl sites for hydroxylation is 3. The summed E-state index contributed by atoms with van der Waals surface area (Å²) >= 11 is 0. The number of alkyl halides is 3. The van der Waals surface area contributed by atoms with Gasteiger partial charge < -0.3 is 14.8 Å². The average molecular weight is 488 g/mol. The van der Waals surface area contributed by atoms with Gasteiger partial charge in [0.05, 0.1) is 67.4 Å². The summed E-state index contributed by atoms with van der Waals surface area (Å²) in [6, 6.07) is 0.793. The van der Waals surface area contributed by atoms with Crippen molar-refractivity contribution in [3.8, 4) is 11.3 Å². The number of halogens is 3. The van der Waals surface area contributed by atoms with Crippen LogP contribution in [0.4, 0.5) is 13.2 Å². The van der Waals surface area contributed by atoms with Gasteiger partial charge in [-0.1, -0.05) is 0 Å². The van der Waals surface area contributed by atoms with Crippen LogP contribution in [0.5, 0.6) is 0 Å². The summed E-state index contributed by atoms with van der Waals surface area (Å²) < 4.78 is 55.0. The molecule has 3 aromatic rings. The SMILES string of the molecule is Cc1cnc(CNC(=O)c2cc(C(F)(F)F)c3c(n2)CCc2cn(C[C@H]4COCCO4)nc2-3)cn1. The molecular weight excluding hydrogens is 465 g/mol. The highest BCUT2D eigenvalue weighted by molar-refractivity contribution is 5.93. The lowest BCUT2D eigenvalue weighted by Gasteiger charge is -2.22. The smallest absolute Gasteiger partial charge is 0.376 e. The zero-order valence-electron chi connectivity index (χ0n) is 18.9. The number of fused-ring (bicyclic) bond motifs is 3. The molecule has 1 amide bonds. The number of amides is 1. The van der Waals surface area contributed by atoms with Crippen LogP contribution in [-0.2, 0) is 41.6 Å². The lowest BCUT2D eigenvalue weighted by molar-refractivity contribution is -0.137. The molecule has 5 rings (SSSR count). The van der Waals surface area contributed by atoms with Gasteiger partial charge in [0.15, 0.2) is 0 Å². The highest BCUT2D eigenvalue weighted by atomic mass is 19.4. The fourth-order valence-electron chi connectivity index (χ4n) is 4.21. The van der Waals surface area contributed by atoms with E-state index in [0.29, 0.717) is 49.7 Å². The van der Waals surface area contributed by atoms with Crippen LogP contribution < -0.4 is 5.32 Å². The van der Waals surface area contributed by atoms with Gasteiger partial charge in [0.25, 0.3) is 5.91 Å². The standard InChI is InChI=1S/C23H23F3N6O3/c1-13-7-28-15(8-27-13)9-29-22(33)19-6-17(23(24,25)26)20-18(30-19)3-2-14-10-32(31-21(14)20)11-16-12-34-4-5-35-16/h6-8,10,16H,2-5,9,11-12H2,1H3,(H,29,33)/t16-/m0/s1. The molecule has 1 fully saturated rings. The molecule has 4 heterocycles. The molecule has 184 valence electrons. The molecule has 1 atom stereocenters. The molecule has 0 aromatic carbocycles. The largest absolute Gasteiger partial charge is 0.417 e. The number of hydrogen-bond acceptors (Lipinski definition) is 7. The van der Waals surface area contributed by atoms with Gasteiger partial charge >= 0.3 is 6.18 Å². The van der Waals surface area contributed by atoms with E-state index in [-0.39, 0.29) is 41.7 Å². The number of carbonyl (C=O) groups excluding carboxylic acids is 1. The Morgan fingerprint density at radius 3 is 2.80 bits per heavy atom. The van der Waals surface area contributed by atoms with Crippen LogP contribution in [0.3, 0.4) is 0 Å². The maximum absolute atomic E-state index is 14.1. The Hall–Kier alpha value is -3.38. The number of rotatable bonds is 5. The first-order valence-corrected chi connectivity index (χ1v) is 11.2. The number of aromatic nitrogens is 5. The van der Waals surface area contributed by atoms with Crippen molar-refractivity contribution >= 4 is 5.91 Å². The molecule has 2 aliphatic rings. The average Bonchev–Trinajstić information content (AvgIpc) is 3.25. The third-order valence-corrected chi connectivity index (χ3v) is 5.88. The quantitative estimate of drug-likeness (QED) is 0.589. The van der Waals surface area contributed by atoms with E-state index in [1.807, 2.05) is 0 Å². The fraction of sp³-hybridized carbons (Fsp3) is 0.435. The summed E-state index contributed by atoms with van der Waals surface area (Å²) in [5.41, 5.74) is 1.06. The summed E-state index contributed by atoms with van der Waals surface area (Å²) in [5.74, 6) is -0.716. The molecule has 35 heavy (non-hydrogen) atoms. The van der Waals surface area contributed by atoms with E-state index < -0.39 is 17.6 Å². The first kappa shape index (κ1) is 23.4. The topological polar surface area (TPSA) is 104 Å². The molecule has 9 nitrogen and oxygen atoms in total. The minimum absolute atomic E-state index is 0.0216. The van der Waals surface area contributed by atoms with E-state index in [4.69, 9.17) is 9.47 Å². The minimum atomic E-state index is -4.69. The van der Waals surface area contributed by atoms with Crippen LogP contribution in [0.1, 0.15) is 38.7 Å². The predicted octanol–water partition coefficient (Wildman–Crippen LogP) is 2.51. The molecule has 1 aliphatic heterocycles. The van der Waals surface area contributed by atoms with Gasteiger partial charge in [0.2, 0.25) is 0 Å². The molecule has 0 saturated carbocycles. The lowest BCUT2D eigenvalue weighted by atomic mass is 9.90. The van der Waals surface area contributed by atoms with Crippen molar-refractivity contribution in [2.45, 2.75) is 45.1 Å². The summed E-state index contributed by atoms with van der Waals surface area (Å²) in [6.07, 6.45) is 0.630. The van der Waals surface area contributed by atoms with Gasteiger partial charge in [-0.2, -0.15) is 18.3 Å². The molecule has 12 heteroatoms. The Balaban J connectivity index is 1.43. The zero-order valence-corrected chi connectivity index (χ0v) is 18.9. The van der Waals surface area contributed by atoms with E-state index in [0.717, 1.165) is 6.07 Å². The monoisotopic (exact) mass is 488 g/mol. The van der Waals surface area contributed by atoms with Gasteiger partial charge in [-0.25, -0.2) is 4.98 Å². The zero-order chi connectivity index (χ0) is 24.6. The maximum Gasteiger partial charge on any atom is 0.417 e. The molecule has 0 radical (unpaired) electrons. The molecule has 0 spiro atoms. The predicted molar refractivity (Wildman–Crippen MR) is 116 cm³/mol. The second-order valence-electron chi connectivity index (χ2n) is 8.50. The van der Waals surface area contributed by atoms with Crippen molar-refractivity contribution in [3.05, 3.63) is 58.6 Å². The van der Waals surface area contributed by atoms with E-state index in [2.05, 4.69) is 25.4 Å². The minimum Gasteiger partial charge on any atom is -0.376 e. The third-order valence-electron chi connectivity index (χ3n) is 5.88. The number of pyridine rings is 1. The summed E-state index contributed by atoms with van der Waals surface area (Å²) in [4.78, 5) is 25.2. The van der Waals surface area contributed by atoms with Gasteiger partial charge in [0, 0.05) is 18.0 Å². The van der Waals surface area contributed by atoms with Crippen molar-refractivity contribution in [3.63, 3.8) is 0 Å². The van der Waals surface area contributed by atoms with E-state index in [1.165, 1.54) is 6.20 Å². The Kier molecular flexibility index (Phi) is 6.24. The van der Waals surface area contributed by atoms with Crippen LogP contribution in [0.25, 0.3) is 11.3 Å². The summed E-state index contributed by atoms with van der Waals surface area (Å²) in [6.45, 7) is 3.57. The third kappa shape index (κ3) is 5.03. The Morgan fingerprint density at radius 2 is 2.09 bits per heavy atom. The lowest BCUT2D eigenvalue weighted by Crippen LogP contribution is -2.32. The van der Waals surface area contributed by atoms with Gasteiger partial charge in [-0.05, 0) is 31.4 Å². The second-order valence-corrected chi connectivity index (χ2v) is 8.50. The van der Waals surface area contributed by atoms with Crippen molar-refractivity contribution in [2.75, 3.05) is 19.8 Å². The fourth-order valence-corrected chi connectivity index (χ4v) is 4.21. The highest BCUT2D eigenvalue weighted by Crippen LogP contribution is 2.42. The van der Waals surface area contributed by atoms with Gasteiger partial charge in [-0.15, -0.1) is 0 Å². The molecule has 0 unspecified atom stereocenters. The molecule has 1 N–H and O–H groups in total. The molecule has 1 saturated heterocycles. The van der Waals surface area contributed by atoms with E-state index in [1.54, 1.807) is 24.0 Å². The van der Waals surface area contributed by atoms with Crippen LogP contribution in [0.15, 0.2) is 24.7 Å². The van der Waals surface area contributed by atoms with Crippen LogP contribution in [-0.4, -0.2) is 56.6 Å². The van der Waals surface area contributed by atoms with E-state index >= 15 is 0 Å². The first-order valence-electron chi connectivity index (χ1n) is 11.2. The van der Waals surface area contributed by atoms with Crippen molar-refractivity contribution in [1.82, 2.24) is 30.0 Å². The number of nitrogens with one attached hydrogen (secondary N) is 1. The Labute approximate surface area is 198 Å². The van der Waals surface area contributed by atoms with E-state index in [9.17, 15) is 18.0 Å². The van der Waals surface area contributed by atoms with Crippen LogP contribution >= 0.6 is 0 Å². The Morgan fingerprint density at radius 1 is 1.23 bits per heavy atom. The van der Waals surface area contributed by atoms with Crippen molar-refractivity contribution < 1.29 is 27.4 Å². The Bertz CT molecular complexity index is 1240. The van der Waals surface area contributed by atoms with Gasteiger partial charge in [-0.3, -0.25) is 19.4 Å². The first-order chi connectivity index (χ1) is 16.8. The number of nitrogens with zero attached hydrogens (tertiary/aromatic N) is 5. The molecular formula is C23H23F3N6O3. The normalized spacial score (nSPS) is 17.5. The number of hydrogen-bond donors (Lipinski definition) is 1. The molecule has 1 aliphatic carbocycles. The van der Waals surface area contributed by atoms with Gasteiger partial charge in [0.1, 0.15) is 11.8 Å². The van der Waals surface area contributed by atoms with Crippen molar-refractivity contribution in [1.29, 1.82) is 0 Å².